The monoisotopic (exact) mass is 227 g/mol. The van der Waals surface area contributed by atoms with Crippen LogP contribution in [-0.2, 0) is 6.54 Å². The van der Waals surface area contributed by atoms with E-state index in [2.05, 4.69) is 0 Å². The second-order valence-electron chi connectivity index (χ2n) is 3.85. The number of hydrogen-bond acceptors (Lipinski definition) is 4. The fraction of sp³-hybridized carbons (Fsp3) is 0.545. The van der Waals surface area contributed by atoms with Crippen LogP contribution in [0.4, 0.5) is 0 Å². The summed E-state index contributed by atoms with van der Waals surface area (Å²) < 4.78 is 5.15. The number of aliphatic hydroxyl groups excluding tert-OH is 1. The quantitative estimate of drug-likeness (QED) is 0.763. The van der Waals surface area contributed by atoms with Crippen LogP contribution in [0.5, 0.6) is 0 Å². The van der Waals surface area contributed by atoms with Gasteiger partial charge < -0.3 is 14.6 Å². The van der Waals surface area contributed by atoms with Crippen LogP contribution >= 0.6 is 0 Å². The third-order valence-corrected chi connectivity index (χ3v) is 2.44. The first-order chi connectivity index (χ1) is 7.56. The molecular weight excluding hydrogens is 210 g/mol. The van der Waals surface area contributed by atoms with Gasteiger partial charge in [0, 0.05) is 12.6 Å². The summed E-state index contributed by atoms with van der Waals surface area (Å²) in [7, 11) is 0. The predicted octanol–water partition coefficient (Wildman–Crippen LogP) is 1.18. The van der Waals surface area contributed by atoms with Gasteiger partial charge in [-0.05, 0) is 19.9 Å². The zero-order valence-electron chi connectivity index (χ0n) is 9.51. The summed E-state index contributed by atoms with van der Waals surface area (Å²) in [6.07, 6.45) is 1.37. The van der Waals surface area contributed by atoms with Crippen LogP contribution in [0.3, 0.4) is 0 Å². The molecule has 0 aliphatic carbocycles. The number of rotatable bonds is 6. The van der Waals surface area contributed by atoms with Crippen molar-refractivity contribution in [3.8, 4) is 0 Å². The highest BCUT2D eigenvalue weighted by molar-refractivity contribution is 5.88. The standard InChI is InChI=1S/C11H17NO4/c1-8(2)12(4-5-13)7-10-9(11(14)15)3-6-16-10/h3,6,8,13H,4-5,7H2,1-2H3,(H,14,15). The van der Waals surface area contributed by atoms with Crippen LogP contribution in [0.25, 0.3) is 0 Å². The number of furan rings is 1. The van der Waals surface area contributed by atoms with Crippen molar-refractivity contribution >= 4 is 5.97 Å². The van der Waals surface area contributed by atoms with Crippen LogP contribution in [0, 0.1) is 0 Å². The molecule has 2 N–H and O–H groups in total. The molecule has 0 aliphatic rings. The van der Waals surface area contributed by atoms with E-state index in [9.17, 15) is 4.79 Å². The second-order valence-corrected chi connectivity index (χ2v) is 3.85. The van der Waals surface area contributed by atoms with E-state index in [4.69, 9.17) is 14.6 Å². The molecule has 0 aromatic carbocycles. The van der Waals surface area contributed by atoms with E-state index in [1.54, 1.807) is 0 Å². The fourth-order valence-corrected chi connectivity index (χ4v) is 1.49. The highest BCUT2D eigenvalue weighted by Gasteiger charge is 2.17. The molecular formula is C11H17NO4. The van der Waals surface area contributed by atoms with E-state index in [0.29, 0.717) is 18.8 Å². The van der Waals surface area contributed by atoms with Crippen molar-refractivity contribution < 1.29 is 19.4 Å². The van der Waals surface area contributed by atoms with E-state index >= 15 is 0 Å². The van der Waals surface area contributed by atoms with Gasteiger partial charge >= 0.3 is 5.97 Å². The highest BCUT2D eigenvalue weighted by Crippen LogP contribution is 2.14. The van der Waals surface area contributed by atoms with Crippen molar-refractivity contribution in [2.45, 2.75) is 26.4 Å². The molecule has 0 spiro atoms. The van der Waals surface area contributed by atoms with Crippen LogP contribution in [0.2, 0.25) is 0 Å². The summed E-state index contributed by atoms with van der Waals surface area (Å²) in [6.45, 7) is 4.91. The molecule has 0 amide bonds. The summed E-state index contributed by atoms with van der Waals surface area (Å²) in [5.74, 6) is -0.564. The summed E-state index contributed by atoms with van der Waals surface area (Å²) in [6, 6.07) is 1.66. The molecule has 0 atom stereocenters. The van der Waals surface area contributed by atoms with Gasteiger partial charge in [-0.2, -0.15) is 0 Å². The topological polar surface area (TPSA) is 73.9 Å². The molecule has 16 heavy (non-hydrogen) atoms. The van der Waals surface area contributed by atoms with E-state index < -0.39 is 5.97 Å². The molecule has 0 saturated heterocycles. The van der Waals surface area contributed by atoms with Crippen molar-refractivity contribution in [3.05, 3.63) is 23.7 Å². The predicted molar refractivity (Wildman–Crippen MR) is 58.3 cm³/mol. The van der Waals surface area contributed by atoms with Crippen LogP contribution in [0.15, 0.2) is 16.7 Å². The molecule has 0 fully saturated rings. The zero-order valence-corrected chi connectivity index (χ0v) is 9.51. The summed E-state index contributed by atoms with van der Waals surface area (Å²) >= 11 is 0. The van der Waals surface area contributed by atoms with Gasteiger partial charge in [-0.3, -0.25) is 4.90 Å². The van der Waals surface area contributed by atoms with E-state index in [0.717, 1.165) is 0 Å². The van der Waals surface area contributed by atoms with Crippen LogP contribution in [-0.4, -0.2) is 40.3 Å². The lowest BCUT2D eigenvalue weighted by Gasteiger charge is -2.24. The molecule has 1 aromatic rings. The van der Waals surface area contributed by atoms with Gasteiger partial charge in [-0.25, -0.2) is 4.79 Å². The fourth-order valence-electron chi connectivity index (χ4n) is 1.49. The van der Waals surface area contributed by atoms with Crippen molar-refractivity contribution in [1.82, 2.24) is 4.90 Å². The molecule has 5 heteroatoms. The minimum atomic E-state index is -0.989. The average Bonchev–Trinajstić information content (AvgIpc) is 2.65. The average molecular weight is 227 g/mol. The Morgan fingerprint density at radius 3 is 2.75 bits per heavy atom. The largest absolute Gasteiger partial charge is 0.478 e. The van der Waals surface area contributed by atoms with Crippen molar-refractivity contribution in [1.29, 1.82) is 0 Å². The Morgan fingerprint density at radius 1 is 1.56 bits per heavy atom. The Bertz CT molecular complexity index is 346. The first-order valence-electron chi connectivity index (χ1n) is 5.20. The maximum atomic E-state index is 10.9. The van der Waals surface area contributed by atoms with E-state index in [1.807, 2.05) is 18.7 Å². The number of aromatic carboxylic acids is 1. The number of nitrogens with zero attached hydrogens (tertiary/aromatic N) is 1. The lowest BCUT2D eigenvalue weighted by molar-refractivity contribution is 0.0691. The molecule has 1 heterocycles. The molecule has 1 aromatic heterocycles. The maximum absolute atomic E-state index is 10.9. The SMILES string of the molecule is CC(C)N(CCO)Cc1occc1C(=O)O. The first-order valence-corrected chi connectivity index (χ1v) is 5.20. The van der Waals surface area contributed by atoms with E-state index in [1.165, 1.54) is 12.3 Å². The van der Waals surface area contributed by atoms with Gasteiger partial charge in [0.25, 0.3) is 0 Å². The molecule has 0 saturated carbocycles. The second kappa shape index (κ2) is 5.67. The number of carboxylic acids is 1. The van der Waals surface area contributed by atoms with E-state index in [-0.39, 0.29) is 18.2 Å². The lowest BCUT2D eigenvalue weighted by Crippen LogP contribution is -2.33. The van der Waals surface area contributed by atoms with Crippen molar-refractivity contribution in [2.24, 2.45) is 0 Å². The Kier molecular flexibility index (Phi) is 4.52. The van der Waals surface area contributed by atoms with Crippen molar-refractivity contribution in [3.63, 3.8) is 0 Å². The number of carbonyl (C=O) groups is 1. The molecule has 0 unspecified atom stereocenters. The molecule has 0 radical (unpaired) electrons. The minimum absolute atomic E-state index is 0.0429. The number of hydrogen-bond donors (Lipinski definition) is 2. The smallest absolute Gasteiger partial charge is 0.339 e. The van der Waals surface area contributed by atoms with Gasteiger partial charge in [0.15, 0.2) is 0 Å². The van der Waals surface area contributed by atoms with Crippen LogP contribution in [0.1, 0.15) is 30.0 Å². The molecule has 0 aliphatic heterocycles. The van der Waals surface area contributed by atoms with Gasteiger partial charge in [0.1, 0.15) is 11.3 Å². The van der Waals surface area contributed by atoms with Gasteiger partial charge in [0.05, 0.1) is 19.4 Å². The normalized spacial score (nSPS) is 11.3. The molecule has 0 bridgehead atoms. The van der Waals surface area contributed by atoms with Crippen LogP contribution < -0.4 is 0 Å². The Morgan fingerprint density at radius 2 is 2.25 bits per heavy atom. The molecule has 5 nitrogen and oxygen atoms in total. The highest BCUT2D eigenvalue weighted by atomic mass is 16.4. The third-order valence-electron chi connectivity index (χ3n) is 2.44. The van der Waals surface area contributed by atoms with Gasteiger partial charge in [-0.15, -0.1) is 0 Å². The Hall–Kier alpha value is -1.33. The number of aliphatic hydroxyl groups is 1. The Labute approximate surface area is 94.3 Å². The minimum Gasteiger partial charge on any atom is -0.478 e. The van der Waals surface area contributed by atoms with Gasteiger partial charge in [0.2, 0.25) is 0 Å². The summed E-state index contributed by atoms with van der Waals surface area (Å²) in [5.41, 5.74) is 0.184. The lowest BCUT2D eigenvalue weighted by atomic mass is 10.2. The Balaban J connectivity index is 2.76. The third kappa shape index (κ3) is 3.08. The number of carboxylic acid groups (broad SMARTS) is 1. The first kappa shape index (κ1) is 12.7. The summed E-state index contributed by atoms with van der Waals surface area (Å²) in [5, 5.41) is 17.8. The van der Waals surface area contributed by atoms with Gasteiger partial charge in [-0.1, -0.05) is 0 Å². The maximum Gasteiger partial charge on any atom is 0.339 e. The molecule has 90 valence electrons. The van der Waals surface area contributed by atoms with Crippen molar-refractivity contribution in [2.75, 3.05) is 13.2 Å². The molecule has 1 rings (SSSR count). The zero-order chi connectivity index (χ0) is 12.1. The summed E-state index contributed by atoms with van der Waals surface area (Å²) in [4.78, 5) is 12.8.